The zero-order valence-corrected chi connectivity index (χ0v) is 16.9. The summed E-state index contributed by atoms with van der Waals surface area (Å²) < 4.78 is 5.83. The number of carbonyl (C=O) groups excluding carboxylic acids is 1. The first-order valence-electron chi connectivity index (χ1n) is 9.91. The number of hydrogen-bond donors (Lipinski definition) is 0. The second-order valence-corrected chi connectivity index (χ2v) is 8.38. The third kappa shape index (κ3) is 6.12. The van der Waals surface area contributed by atoms with Gasteiger partial charge in [0.2, 0.25) is 0 Å². The van der Waals surface area contributed by atoms with Crippen LogP contribution in [-0.2, 0) is 0 Å². The molecule has 0 amide bonds. The Labute approximate surface area is 167 Å². The fourth-order valence-corrected chi connectivity index (χ4v) is 4.49. The molecule has 0 saturated carbocycles. The summed E-state index contributed by atoms with van der Waals surface area (Å²) in [5.74, 6) is 2.03. The fourth-order valence-electron chi connectivity index (χ4n) is 3.46. The number of nitrogens with zero attached hydrogens (tertiary/aromatic N) is 1. The van der Waals surface area contributed by atoms with Crippen molar-refractivity contribution in [2.45, 2.75) is 31.4 Å². The van der Waals surface area contributed by atoms with Crippen LogP contribution in [0.25, 0.3) is 0 Å². The van der Waals surface area contributed by atoms with Gasteiger partial charge < -0.3 is 4.74 Å². The van der Waals surface area contributed by atoms with Crippen molar-refractivity contribution >= 4 is 17.5 Å². The molecular weight excluding hydrogens is 354 g/mol. The van der Waals surface area contributed by atoms with Crippen molar-refractivity contribution in [2.24, 2.45) is 0 Å². The molecule has 1 fully saturated rings. The van der Waals surface area contributed by atoms with E-state index in [1.54, 1.807) is 0 Å². The minimum atomic E-state index is 0.188. The van der Waals surface area contributed by atoms with Crippen LogP contribution >= 0.6 is 11.8 Å². The van der Waals surface area contributed by atoms with E-state index in [-0.39, 0.29) is 11.0 Å². The standard InChI is InChI=1S/C23H29NO2S/c1-2-27-23(20-8-4-3-5-9-20)18-22(25)19-10-12-21(13-11-19)26-17-16-24-14-6-7-15-24/h3-5,8-13,23H,2,6-7,14-18H2,1H3. The number of hydrogen-bond acceptors (Lipinski definition) is 4. The fraction of sp³-hybridized carbons (Fsp3) is 0.435. The number of benzene rings is 2. The van der Waals surface area contributed by atoms with E-state index in [0.717, 1.165) is 23.6 Å². The summed E-state index contributed by atoms with van der Waals surface area (Å²) in [5, 5.41) is 0.208. The highest BCUT2D eigenvalue weighted by Gasteiger charge is 2.17. The smallest absolute Gasteiger partial charge is 0.164 e. The first-order chi connectivity index (χ1) is 13.3. The molecule has 1 unspecified atom stereocenters. The molecule has 0 N–H and O–H groups in total. The molecule has 2 aromatic rings. The lowest BCUT2D eigenvalue weighted by Crippen LogP contribution is -2.25. The van der Waals surface area contributed by atoms with Crippen LogP contribution in [0.1, 0.15) is 47.4 Å². The molecule has 0 aromatic heterocycles. The van der Waals surface area contributed by atoms with Gasteiger partial charge >= 0.3 is 0 Å². The maximum atomic E-state index is 12.7. The van der Waals surface area contributed by atoms with Crippen molar-refractivity contribution in [1.82, 2.24) is 4.90 Å². The van der Waals surface area contributed by atoms with E-state index >= 15 is 0 Å². The molecule has 1 aliphatic rings. The Morgan fingerprint density at radius 2 is 1.78 bits per heavy atom. The van der Waals surface area contributed by atoms with Gasteiger partial charge in [0, 0.05) is 23.8 Å². The molecule has 3 nitrogen and oxygen atoms in total. The Balaban J connectivity index is 1.52. The molecule has 3 rings (SSSR count). The Kier molecular flexibility index (Phi) is 7.79. The molecule has 0 radical (unpaired) electrons. The molecule has 2 aromatic carbocycles. The molecule has 0 aliphatic carbocycles. The van der Waals surface area contributed by atoms with Crippen LogP contribution in [0.3, 0.4) is 0 Å². The molecule has 0 spiro atoms. The van der Waals surface area contributed by atoms with Gasteiger partial charge in [0.25, 0.3) is 0 Å². The van der Waals surface area contributed by atoms with Crippen molar-refractivity contribution in [3.63, 3.8) is 0 Å². The lowest BCUT2D eigenvalue weighted by molar-refractivity contribution is 0.0982. The maximum Gasteiger partial charge on any atom is 0.164 e. The number of thioether (sulfide) groups is 1. The topological polar surface area (TPSA) is 29.5 Å². The Morgan fingerprint density at radius 1 is 1.07 bits per heavy atom. The van der Waals surface area contributed by atoms with E-state index in [2.05, 4.69) is 24.0 Å². The van der Waals surface area contributed by atoms with Crippen LogP contribution in [-0.4, -0.2) is 42.7 Å². The molecule has 1 saturated heterocycles. The molecule has 1 heterocycles. The number of ketones is 1. The molecule has 144 valence electrons. The average molecular weight is 384 g/mol. The van der Waals surface area contributed by atoms with E-state index in [1.807, 2.05) is 54.2 Å². The number of rotatable bonds is 10. The summed E-state index contributed by atoms with van der Waals surface area (Å²) in [6.45, 7) is 6.20. The van der Waals surface area contributed by atoms with E-state index in [0.29, 0.717) is 13.0 Å². The van der Waals surface area contributed by atoms with Crippen LogP contribution in [0, 0.1) is 0 Å². The van der Waals surface area contributed by atoms with Gasteiger partial charge in [-0.05, 0) is 61.5 Å². The van der Waals surface area contributed by atoms with E-state index in [1.165, 1.54) is 31.5 Å². The van der Waals surface area contributed by atoms with E-state index in [9.17, 15) is 4.79 Å². The Morgan fingerprint density at radius 3 is 2.44 bits per heavy atom. The monoisotopic (exact) mass is 383 g/mol. The van der Waals surface area contributed by atoms with Gasteiger partial charge in [0.15, 0.2) is 5.78 Å². The number of Topliss-reactive ketones (excluding diaryl/α,β-unsaturated/α-hetero) is 1. The van der Waals surface area contributed by atoms with E-state index < -0.39 is 0 Å². The summed E-state index contributed by atoms with van der Waals surface area (Å²) in [5.41, 5.74) is 1.99. The van der Waals surface area contributed by atoms with Gasteiger partial charge in [-0.15, -0.1) is 0 Å². The zero-order chi connectivity index (χ0) is 18.9. The molecule has 27 heavy (non-hydrogen) atoms. The third-order valence-corrected chi connectivity index (χ3v) is 6.14. The summed E-state index contributed by atoms with van der Waals surface area (Å²) in [6, 6.07) is 17.9. The largest absolute Gasteiger partial charge is 0.492 e. The van der Waals surface area contributed by atoms with Crippen LogP contribution in [0.15, 0.2) is 54.6 Å². The van der Waals surface area contributed by atoms with Crippen LogP contribution < -0.4 is 4.74 Å². The minimum Gasteiger partial charge on any atom is -0.492 e. The SMILES string of the molecule is CCSC(CC(=O)c1ccc(OCCN2CCCC2)cc1)c1ccccc1. The van der Waals surface area contributed by atoms with Gasteiger partial charge in [-0.1, -0.05) is 37.3 Å². The maximum absolute atomic E-state index is 12.7. The first kappa shape index (κ1) is 20.0. The number of likely N-dealkylation sites (tertiary alicyclic amines) is 1. The normalized spacial score (nSPS) is 15.6. The molecule has 4 heteroatoms. The van der Waals surface area contributed by atoms with Gasteiger partial charge in [0.1, 0.15) is 12.4 Å². The lowest BCUT2D eigenvalue weighted by atomic mass is 10.0. The Bertz CT molecular complexity index is 696. The van der Waals surface area contributed by atoms with Crippen LogP contribution in [0.2, 0.25) is 0 Å². The van der Waals surface area contributed by atoms with Gasteiger partial charge in [-0.25, -0.2) is 0 Å². The van der Waals surface area contributed by atoms with Crippen LogP contribution in [0.4, 0.5) is 0 Å². The highest BCUT2D eigenvalue weighted by molar-refractivity contribution is 7.99. The second-order valence-electron chi connectivity index (χ2n) is 6.90. The highest BCUT2D eigenvalue weighted by atomic mass is 32.2. The van der Waals surface area contributed by atoms with Gasteiger partial charge in [-0.3, -0.25) is 9.69 Å². The molecule has 1 aliphatic heterocycles. The van der Waals surface area contributed by atoms with Crippen molar-refractivity contribution in [3.05, 3.63) is 65.7 Å². The summed E-state index contributed by atoms with van der Waals surface area (Å²) in [7, 11) is 0. The van der Waals surface area contributed by atoms with Gasteiger partial charge in [-0.2, -0.15) is 11.8 Å². The summed E-state index contributed by atoms with van der Waals surface area (Å²) >= 11 is 1.83. The summed E-state index contributed by atoms with van der Waals surface area (Å²) in [4.78, 5) is 15.2. The highest BCUT2D eigenvalue weighted by Crippen LogP contribution is 2.33. The number of carbonyl (C=O) groups is 1. The first-order valence-corrected chi connectivity index (χ1v) is 11.0. The predicted octanol–water partition coefficient (Wildman–Crippen LogP) is 5.23. The lowest BCUT2D eigenvalue weighted by Gasteiger charge is -2.16. The summed E-state index contributed by atoms with van der Waals surface area (Å²) in [6.07, 6.45) is 3.13. The van der Waals surface area contributed by atoms with Gasteiger partial charge in [0.05, 0.1) is 0 Å². The molecule has 0 bridgehead atoms. The van der Waals surface area contributed by atoms with Crippen molar-refractivity contribution in [1.29, 1.82) is 0 Å². The molecular formula is C23H29NO2S. The Hall–Kier alpha value is -1.78. The third-order valence-electron chi connectivity index (χ3n) is 4.96. The minimum absolute atomic E-state index is 0.188. The van der Waals surface area contributed by atoms with E-state index in [4.69, 9.17) is 4.74 Å². The average Bonchev–Trinajstić information content (AvgIpc) is 3.22. The number of ether oxygens (including phenoxy) is 1. The van der Waals surface area contributed by atoms with Crippen molar-refractivity contribution < 1.29 is 9.53 Å². The van der Waals surface area contributed by atoms with Crippen molar-refractivity contribution in [2.75, 3.05) is 32.0 Å². The second kappa shape index (κ2) is 10.5. The molecule has 1 atom stereocenters. The predicted molar refractivity (Wildman–Crippen MR) is 114 cm³/mol. The zero-order valence-electron chi connectivity index (χ0n) is 16.1. The van der Waals surface area contributed by atoms with Crippen molar-refractivity contribution in [3.8, 4) is 5.75 Å². The van der Waals surface area contributed by atoms with Crippen LogP contribution in [0.5, 0.6) is 5.75 Å². The quantitative estimate of drug-likeness (QED) is 0.526.